The molecule has 1 saturated heterocycles. The summed E-state index contributed by atoms with van der Waals surface area (Å²) >= 11 is 0. The van der Waals surface area contributed by atoms with Crippen LogP contribution in [-0.2, 0) is 11.8 Å². The first-order chi connectivity index (χ1) is 11.1. The van der Waals surface area contributed by atoms with Gasteiger partial charge in [-0.15, -0.1) is 0 Å². The Hall–Kier alpha value is -1.06. The van der Waals surface area contributed by atoms with Crippen LogP contribution in [0.1, 0.15) is 50.2 Å². The van der Waals surface area contributed by atoms with E-state index in [1.165, 1.54) is 37.7 Å². The van der Waals surface area contributed by atoms with Crippen LogP contribution in [0.3, 0.4) is 0 Å². The lowest BCUT2D eigenvalue weighted by Crippen LogP contribution is -2.61. The summed E-state index contributed by atoms with van der Waals surface area (Å²) in [7, 11) is 1.77. The van der Waals surface area contributed by atoms with E-state index in [9.17, 15) is 5.11 Å². The summed E-state index contributed by atoms with van der Waals surface area (Å²) in [6.07, 6.45) is 7.54. The monoisotopic (exact) mass is 315 g/mol. The van der Waals surface area contributed by atoms with Gasteiger partial charge in [-0.3, -0.25) is 4.90 Å². The van der Waals surface area contributed by atoms with Crippen LogP contribution in [0.2, 0.25) is 0 Å². The number of aliphatic hydroxyl groups is 1. The van der Waals surface area contributed by atoms with Crippen molar-refractivity contribution in [3.63, 3.8) is 0 Å². The van der Waals surface area contributed by atoms with Crippen molar-refractivity contribution < 1.29 is 9.84 Å². The highest BCUT2D eigenvalue weighted by Gasteiger charge is 2.53. The van der Waals surface area contributed by atoms with Gasteiger partial charge in [-0.2, -0.15) is 0 Å². The number of rotatable bonds is 3. The number of aliphatic hydroxyl groups excluding tert-OH is 1. The Labute approximate surface area is 139 Å². The SMILES string of the molecule is COc1ccc2c(c1)[C@]13CCCCC1[C@H](C2)N(CC(C)O)CC3. The van der Waals surface area contributed by atoms with Gasteiger partial charge < -0.3 is 9.84 Å². The van der Waals surface area contributed by atoms with Crippen molar-refractivity contribution in [1.29, 1.82) is 0 Å². The van der Waals surface area contributed by atoms with Gasteiger partial charge in [-0.1, -0.05) is 18.9 Å². The van der Waals surface area contributed by atoms with Gasteiger partial charge in [-0.25, -0.2) is 0 Å². The summed E-state index contributed by atoms with van der Waals surface area (Å²) in [5.41, 5.74) is 3.46. The third kappa shape index (κ3) is 2.40. The van der Waals surface area contributed by atoms with E-state index in [2.05, 4.69) is 23.1 Å². The molecule has 3 aliphatic rings. The highest BCUT2D eigenvalue weighted by molar-refractivity contribution is 5.45. The molecule has 2 aliphatic carbocycles. The van der Waals surface area contributed by atoms with Crippen molar-refractivity contribution in [1.82, 2.24) is 4.90 Å². The predicted octanol–water partition coefficient (Wildman–Crippen LogP) is 3.13. The van der Waals surface area contributed by atoms with Crippen molar-refractivity contribution in [3.8, 4) is 5.75 Å². The molecule has 1 heterocycles. The standard InChI is InChI=1S/C20H29NO2/c1-14(22)13-21-10-9-20-8-4-3-5-17(20)19(21)11-15-6-7-16(23-2)12-18(15)20/h6-7,12,14,17,19,22H,3-5,8-11,13H2,1-2H3/t14?,17?,19-,20-/m0/s1. The number of nitrogens with zero attached hydrogens (tertiary/aromatic N) is 1. The van der Waals surface area contributed by atoms with Gasteiger partial charge in [0.25, 0.3) is 0 Å². The van der Waals surface area contributed by atoms with Crippen molar-refractivity contribution in [2.45, 2.75) is 63.0 Å². The predicted molar refractivity (Wildman–Crippen MR) is 92.0 cm³/mol. The van der Waals surface area contributed by atoms with E-state index >= 15 is 0 Å². The van der Waals surface area contributed by atoms with Crippen molar-refractivity contribution in [2.75, 3.05) is 20.2 Å². The Bertz CT molecular complexity index is 585. The minimum Gasteiger partial charge on any atom is -0.497 e. The van der Waals surface area contributed by atoms with Crippen LogP contribution in [0.5, 0.6) is 5.75 Å². The van der Waals surface area contributed by atoms with Gasteiger partial charge >= 0.3 is 0 Å². The zero-order valence-corrected chi connectivity index (χ0v) is 14.4. The summed E-state index contributed by atoms with van der Waals surface area (Å²) in [6, 6.07) is 7.35. The van der Waals surface area contributed by atoms with Crippen LogP contribution in [0.25, 0.3) is 0 Å². The minimum absolute atomic E-state index is 0.233. The molecule has 0 spiro atoms. The second-order valence-electron chi connectivity index (χ2n) is 7.90. The van der Waals surface area contributed by atoms with E-state index < -0.39 is 0 Å². The highest BCUT2D eigenvalue weighted by Crippen LogP contribution is 2.56. The Morgan fingerprint density at radius 3 is 3.00 bits per heavy atom. The molecular weight excluding hydrogens is 286 g/mol. The number of hydrogen-bond acceptors (Lipinski definition) is 3. The molecule has 0 radical (unpaired) electrons. The number of likely N-dealkylation sites (tertiary alicyclic amines) is 1. The number of β-amino-alcohol motifs (C(OH)–C–C–N with tert-alkyl or cyclic N) is 1. The summed E-state index contributed by atoms with van der Waals surface area (Å²) < 4.78 is 5.52. The van der Waals surface area contributed by atoms with Gasteiger partial charge in [0.2, 0.25) is 0 Å². The molecule has 23 heavy (non-hydrogen) atoms. The first-order valence-corrected chi connectivity index (χ1v) is 9.23. The fourth-order valence-corrected chi connectivity index (χ4v) is 5.76. The van der Waals surface area contributed by atoms with Crippen LogP contribution >= 0.6 is 0 Å². The van der Waals surface area contributed by atoms with Crippen molar-refractivity contribution in [2.24, 2.45) is 5.92 Å². The number of hydrogen-bond donors (Lipinski definition) is 1. The van der Waals surface area contributed by atoms with E-state index in [-0.39, 0.29) is 6.10 Å². The molecule has 4 atom stereocenters. The van der Waals surface area contributed by atoms with Crippen LogP contribution < -0.4 is 4.74 Å². The molecule has 2 unspecified atom stereocenters. The number of fused-ring (bicyclic) bond motifs is 1. The zero-order chi connectivity index (χ0) is 16.0. The summed E-state index contributed by atoms with van der Waals surface area (Å²) in [4.78, 5) is 2.58. The molecule has 126 valence electrons. The summed E-state index contributed by atoms with van der Waals surface area (Å²) in [5, 5.41) is 9.90. The van der Waals surface area contributed by atoms with Gasteiger partial charge in [0.1, 0.15) is 5.75 Å². The maximum atomic E-state index is 9.90. The molecule has 1 saturated carbocycles. The smallest absolute Gasteiger partial charge is 0.119 e. The molecule has 2 fully saturated rings. The molecule has 0 amide bonds. The third-order valence-corrected chi connectivity index (χ3v) is 6.66. The molecule has 1 aromatic carbocycles. The maximum Gasteiger partial charge on any atom is 0.119 e. The van der Waals surface area contributed by atoms with Crippen molar-refractivity contribution >= 4 is 0 Å². The van der Waals surface area contributed by atoms with E-state index in [0.717, 1.165) is 31.2 Å². The number of methoxy groups -OCH3 is 1. The molecule has 0 aromatic heterocycles. The van der Waals surface area contributed by atoms with Crippen molar-refractivity contribution in [3.05, 3.63) is 29.3 Å². The van der Waals surface area contributed by atoms with E-state index in [0.29, 0.717) is 11.5 Å². The topological polar surface area (TPSA) is 32.7 Å². The average Bonchev–Trinajstić information content (AvgIpc) is 2.56. The Morgan fingerprint density at radius 2 is 2.22 bits per heavy atom. The van der Waals surface area contributed by atoms with E-state index in [1.54, 1.807) is 12.7 Å². The molecule has 1 N–H and O–H groups in total. The lowest BCUT2D eigenvalue weighted by atomic mass is 9.52. The Morgan fingerprint density at radius 1 is 1.35 bits per heavy atom. The lowest BCUT2D eigenvalue weighted by Gasteiger charge is -2.59. The van der Waals surface area contributed by atoms with Gasteiger partial charge in [0, 0.05) is 18.0 Å². The minimum atomic E-state index is -0.233. The molecule has 3 heteroatoms. The van der Waals surface area contributed by atoms with Gasteiger partial charge in [0.15, 0.2) is 0 Å². The first-order valence-electron chi connectivity index (χ1n) is 9.23. The lowest BCUT2D eigenvalue weighted by molar-refractivity contribution is -0.0281. The van der Waals surface area contributed by atoms with E-state index in [4.69, 9.17) is 4.74 Å². The zero-order valence-electron chi connectivity index (χ0n) is 14.4. The number of benzene rings is 1. The summed E-state index contributed by atoms with van der Waals surface area (Å²) in [6.45, 7) is 3.87. The average molecular weight is 315 g/mol. The van der Waals surface area contributed by atoms with Gasteiger partial charge in [-0.05, 0) is 68.3 Å². The molecule has 3 nitrogen and oxygen atoms in total. The first kappa shape index (κ1) is 15.5. The third-order valence-electron chi connectivity index (χ3n) is 6.66. The largest absolute Gasteiger partial charge is 0.497 e. The number of piperidine rings is 1. The fourth-order valence-electron chi connectivity index (χ4n) is 5.76. The molecule has 1 aliphatic heterocycles. The van der Waals surface area contributed by atoms with Crippen LogP contribution in [-0.4, -0.2) is 42.4 Å². The second-order valence-corrected chi connectivity index (χ2v) is 7.90. The Kier molecular flexibility index (Phi) is 3.89. The van der Waals surface area contributed by atoms with Crippen LogP contribution in [0.15, 0.2) is 18.2 Å². The highest BCUT2D eigenvalue weighted by atomic mass is 16.5. The molecular formula is C20H29NO2. The quantitative estimate of drug-likeness (QED) is 0.930. The maximum absolute atomic E-state index is 9.90. The normalized spacial score (nSPS) is 34.4. The van der Waals surface area contributed by atoms with Crippen LogP contribution in [0.4, 0.5) is 0 Å². The Balaban J connectivity index is 1.77. The van der Waals surface area contributed by atoms with E-state index in [1.807, 2.05) is 6.92 Å². The molecule has 1 aromatic rings. The fraction of sp³-hybridized carbons (Fsp3) is 0.700. The van der Waals surface area contributed by atoms with Crippen LogP contribution in [0, 0.1) is 5.92 Å². The molecule has 4 rings (SSSR count). The summed E-state index contributed by atoms with van der Waals surface area (Å²) in [5.74, 6) is 1.76. The number of ether oxygens (including phenoxy) is 1. The second kappa shape index (κ2) is 5.78. The van der Waals surface area contributed by atoms with Gasteiger partial charge in [0.05, 0.1) is 13.2 Å². The molecule has 2 bridgehead atoms.